The first-order chi connectivity index (χ1) is 10.1. The minimum atomic E-state index is -4.64. The van der Waals surface area contributed by atoms with Crippen LogP contribution in [0.2, 0.25) is 5.02 Å². The Hall–Kier alpha value is -1.28. The maximum atomic E-state index is 12.7. The number of alkyl halides is 3. The van der Waals surface area contributed by atoms with E-state index in [1.807, 2.05) is 13.8 Å². The van der Waals surface area contributed by atoms with Gasteiger partial charge in [-0.3, -0.25) is 9.48 Å². The zero-order valence-corrected chi connectivity index (χ0v) is 13.4. The van der Waals surface area contributed by atoms with Crippen LogP contribution in [0, 0.1) is 6.92 Å². The highest BCUT2D eigenvalue weighted by Crippen LogP contribution is 2.35. The Balaban J connectivity index is 2.52. The Morgan fingerprint density at radius 3 is 2.59 bits per heavy atom. The van der Waals surface area contributed by atoms with E-state index in [9.17, 15) is 18.0 Å². The molecule has 0 aliphatic carbocycles. The lowest BCUT2D eigenvalue weighted by molar-refractivity contribution is -0.141. The van der Waals surface area contributed by atoms with Gasteiger partial charge in [-0.1, -0.05) is 11.6 Å². The molecule has 0 atom stereocenters. The molecule has 0 aromatic carbocycles. The van der Waals surface area contributed by atoms with Crippen molar-refractivity contribution in [1.29, 1.82) is 0 Å². The largest absolute Gasteiger partial charge is 0.436 e. The number of hydrogen-bond acceptors (Lipinski definition) is 3. The number of carbonyl (C=O) groups excluding carboxylic acids is 1. The summed E-state index contributed by atoms with van der Waals surface area (Å²) in [7, 11) is 0. The lowest BCUT2D eigenvalue weighted by Gasteiger charge is -2.09. The summed E-state index contributed by atoms with van der Waals surface area (Å²) >= 11 is 5.61. The summed E-state index contributed by atoms with van der Waals surface area (Å²) in [4.78, 5) is 11.7. The molecule has 0 spiro atoms. The molecule has 0 bridgehead atoms. The first-order valence-electron chi connectivity index (χ1n) is 6.81. The molecule has 22 heavy (non-hydrogen) atoms. The number of halogens is 4. The van der Waals surface area contributed by atoms with Gasteiger partial charge in [-0.2, -0.15) is 18.3 Å². The fourth-order valence-corrected chi connectivity index (χ4v) is 1.91. The van der Waals surface area contributed by atoms with Gasteiger partial charge in [0.15, 0.2) is 5.69 Å². The van der Waals surface area contributed by atoms with Crippen molar-refractivity contribution in [2.24, 2.45) is 0 Å². The monoisotopic (exact) mass is 341 g/mol. The molecule has 0 fully saturated rings. The summed E-state index contributed by atoms with van der Waals surface area (Å²) in [6.07, 6.45) is -3.90. The highest BCUT2D eigenvalue weighted by Gasteiger charge is 2.38. The number of amides is 1. The maximum Gasteiger partial charge on any atom is 0.436 e. The first-order valence-corrected chi connectivity index (χ1v) is 7.19. The average molecular weight is 342 g/mol. The normalized spacial score (nSPS) is 12.0. The van der Waals surface area contributed by atoms with Gasteiger partial charge in [0, 0.05) is 13.2 Å². The van der Waals surface area contributed by atoms with Crippen molar-refractivity contribution in [3.8, 4) is 0 Å². The highest BCUT2D eigenvalue weighted by molar-refractivity contribution is 6.32. The second-order valence-corrected chi connectivity index (χ2v) is 5.40. The Bertz CT molecular complexity index is 515. The summed E-state index contributed by atoms with van der Waals surface area (Å²) < 4.78 is 44.2. The molecule has 0 saturated heterocycles. The molecule has 1 amide bonds. The van der Waals surface area contributed by atoms with Crippen molar-refractivity contribution in [1.82, 2.24) is 15.1 Å². The van der Waals surface area contributed by atoms with Crippen molar-refractivity contribution in [2.75, 3.05) is 13.2 Å². The highest BCUT2D eigenvalue weighted by atomic mass is 35.5. The van der Waals surface area contributed by atoms with E-state index in [0.29, 0.717) is 19.6 Å². The first kappa shape index (κ1) is 18.8. The molecule has 1 N–H and O–H groups in total. The van der Waals surface area contributed by atoms with E-state index in [4.69, 9.17) is 16.3 Å². The lowest BCUT2D eigenvalue weighted by Crippen LogP contribution is -2.30. The van der Waals surface area contributed by atoms with Crippen LogP contribution in [0.25, 0.3) is 0 Å². The number of nitrogens with one attached hydrogen (secondary N) is 1. The fourth-order valence-electron chi connectivity index (χ4n) is 1.67. The van der Waals surface area contributed by atoms with Gasteiger partial charge < -0.3 is 10.1 Å². The van der Waals surface area contributed by atoms with Crippen LogP contribution in [0.1, 0.15) is 31.7 Å². The molecule has 9 heteroatoms. The van der Waals surface area contributed by atoms with E-state index in [1.165, 1.54) is 6.92 Å². The van der Waals surface area contributed by atoms with E-state index < -0.39 is 22.8 Å². The predicted octanol–water partition coefficient (Wildman–Crippen LogP) is 2.80. The van der Waals surface area contributed by atoms with Crippen LogP contribution >= 0.6 is 11.6 Å². The zero-order chi connectivity index (χ0) is 16.9. The predicted molar refractivity (Wildman–Crippen MR) is 75.7 cm³/mol. The van der Waals surface area contributed by atoms with Crippen LogP contribution in [-0.4, -0.2) is 34.9 Å². The molecule has 1 aromatic rings. The van der Waals surface area contributed by atoms with Gasteiger partial charge in [0.1, 0.15) is 6.54 Å². The smallest absolute Gasteiger partial charge is 0.379 e. The number of nitrogens with zero attached hydrogens (tertiary/aromatic N) is 2. The van der Waals surface area contributed by atoms with Crippen LogP contribution in [0.5, 0.6) is 0 Å². The molecule has 1 aromatic heterocycles. The Kier molecular flexibility index (Phi) is 6.67. The third kappa shape index (κ3) is 5.49. The minimum absolute atomic E-state index is 0.104. The number of ether oxygens (including phenoxy) is 1. The topological polar surface area (TPSA) is 56.2 Å². The summed E-state index contributed by atoms with van der Waals surface area (Å²) in [5.74, 6) is -0.430. The van der Waals surface area contributed by atoms with E-state index in [0.717, 1.165) is 4.68 Å². The fraction of sp³-hybridized carbons (Fsp3) is 0.692. The van der Waals surface area contributed by atoms with Gasteiger partial charge in [0.25, 0.3) is 0 Å². The zero-order valence-electron chi connectivity index (χ0n) is 12.6. The van der Waals surface area contributed by atoms with Crippen molar-refractivity contribution < 1.29 is 22.7 Å². The Labute approximate surface area is 131 Å². The molecule has 0 radical (unpaired) electrons. The van der Waals surface area contributed by atoms with Gasteiger partial charge in [-0.05, 0) is 27.2 Å². The summed E-state index contributed by atoms with van der Waals surface area (Å²) in [5, 5.41) is 5.48. The summed E-state index contributed by atoms with van der Waals surface area (Å²) in [6.45, 7) is 5.76. The van der Waals surface area contributed by atoms with Gasteiger partial charge in [0.05, 0.1) is 16.8 Å². The van der Waals surface area contributed by atoms with Crippen molar-refractivity contribution >= 4 is 17.5 Å². The van der Waals surface area contributed by atoms with Crippen LogP contribution in [0.15, 0.2) is 0 Å². The quantitative estimate of drug-likeness (QED) is 0.776. The number of carbonyl (C=O) groups is 1. The van der Waals surface area contributed by atoms with Crippen molar-refractivity contribution in [3.63, 3.8) is 0 Å². The number of hydrogen-bond donors (Lipinski definition) is 1. The Morgan fingerprint density at radius 1 is 1.45 bits per heavy atom. The van der Waals surface area contributed by atoms with E-state index in [2.05, 4.69) is 10.4 Å². The maximum absolute atomic E-state index is 12.7. The minimum Gasteiger partial charge on any atom is -0.379 e. The second-order valence-electron chi connectivity index (χ2n) is 5.03. The second kappa shape index (κ2) is 7.82. The summed E-state index contributed by atoms with van der Waals surface area (Å²) in [5.41, 5.74) is -1.07. The van der Waals surface area contributed by atoms with E-state index >= 15 is 0 Å². The van der Waals surface area contributed by atoms with Gasteiger partial charge in [-0.25, -0.2) is 0 Å². The molecule has 5 nitrogen and oxygen atoms in total. The molecule has 0 saturated carbocycles. The third-order valence-corrected chi connectivity index (χ3v) is 3.24. The third-order valence-electron chi connectivity index (χ3n) is 2.79. The lowest BCUT2D eigenvalue weighted by atomic mass is 10.3. The average Bonchev–Trinajstić information content (AvgIpc) is 2.66. The SMILES string of the molecule is Cc1c(Cl)c(C(F)(F)F)nn1CC(=O)NCCCOC(C)C. The van der Waals surface area contributed by atoms with Crippen molar-refractivity contribution in [2.45, 2.75) is 46.0 Å². The van der Waals surface area contributed by atoms with E-state index in [-0.39, 0.29) is 18.3 Å². The molecule has 1 rings (SSSR count). The van der Waals surface area contributed by atoms with Crippen LogP contribution in [0.3, 0.4) is 0 Å². The standard InChI is InChI=1S/C13H19ClF3N3O2/c1-8(2)22-6-4-5-18-10(21)7-20-9(3)11(14)12(19-20)13(15,16)17/h8H,4-7H2,1-3H3,(H,18,21). The van der Waals surface area contributed by atoms with Crippen LogP contribution < -0.4 is 5.32 Å². The van der Waals surface area contributed by atoms with Gasteiger partial charge >= 0.3 is 6.18 Å². The Morgan fingerprint density at radius 2 is 2.09 bits per heavy atom. The van der Waals surface area contributed by atoms with Gasteiger partial charge in [-0.15, -0.1) is 0 Å². The van der Waals surface area contributed by atoms with Crippen LogP contribution in [-0.2, 0) is 22.3 Å². The molecular weight excluding hydrogens is 323 g/mol. The van der Waals surface area contributed by atoms with Crippen LogP contribution in [0.4, 0.5) is 13.2 Å². The molecule has 0 aliphatic heterocycles. The number of aromatic nitrogens is 2. The van der Waals surface area contributed by atoms with Crippen molar-refractivity contribution in [3.05, 3.63) is 16.4 Å². The molecular formula is C13H19ClF3N3O2. The molecule has 0 aliphatic rings. The van der Waals surface area contributed by atoms with E-state index in [1.54, 1.807) is 0 Å². The molecule has 126 valence electrons. The summed E-state index contributed by atoms with van der Waals surface area (Å²) in [6, 6.07) is 0. The number of rotatable bonds is 7. The molecule has 1 heterocycles. The van der Waals surface area contributed by atoms with Gasteiger partial charge in [0.2, 0.25) is 5.91 Å². The molecule has 0 unspecified atom stereocenters.